The molecule has 1 aliphatic heterocycles. The molecule has 0 radical (unpaired) electrons. The van der Waals surface area contributed by atoms with Crippen molar-refractivity contribution in [1.82, 2.24) is 4.90 Å². The molecule has 0 saturated carbocycles. The van der Waals surface area contributed by atoms with Crippen LogP contribution in [-0.2, 0) is 9.59 Å². The minimum Gasteiger partial charge on any atom is -0.389 e. The molecule has 7 heteroatoms. The first-order chi connectivity index (χ1) is 12.0. The maximum atomic E-state index is 13.0. The second-order valence-electron chi connectivity index (χ2n) is 7.08. The van der Waals surface area contributed by atoms with Crippen molar-refractivity contribution >= 4 is 11.8 Å². The summed E-state index contributed by atoms with van der Waals surface area (Å²) in [6, 6.07) is 0. The van der Waals surface area contributed by atoms with Gasteiger partial charge in [-0.2, -0.15) is 13.2 Å². The number of carbonyl (C=O) groups is 2. The summed E-state index contributed by atoms with van der Waals surface area (Å²) >= 11 is 0. The van der Waals surface area contributed by atoms with Gasteiger partial charge in [-0.3, -0.25) is 14.5 Å². The molecule has 2 aliphatic rings. The average molecular weight is 371 g/mol. The minimum absolute atomic E-state index is 0.0327. The van der Waals surface area contributed by atoms with E-state index in [1.807, 2.05) is 0 Å². The normalized spacial score (nSPS) is 28.9. The van der Waals surface area contributed by atoms with Gasteiger partial charge < -0.3 is 5.11 Å². The minimum atomic E-state index is -4.44. The number of aliphatic hydroxyl groups is 1. The van der Waals surface area contributed by atoms with E-state index < -0.39 is 47.8 Å². The fourth-order valence-corrected chi connectivity index (χ4v) is 3.72. The zero-order chi connectivity index (χ0) is 19.7. The van der Waals surface area contributed by atoms with Crippen molar-refractivity contribution in [3.63, 3.8) is 0 Å². The van der Waals surface area contributed by atoms with Gasteiger partial charge in [0.05, 0.1) is 23.4 Å². The van der Waals surface area contributed by atoms with Crippen LogP contribution in [0.25, 0.3) is 0 Å². The van der Waals surface area contributed by atoms with Crippen LogP contribution in [0, 0.1) is 17.8 Å². The van der Waals surface area contributed by atoms with Gasteiger partial charge >= 0.3 is 6.18 Å². The smallest absolute Gasteiger partial charge is 0.389 e. The SMILES string of the molecule is C=CCCC(C)(O)[C@@H]1C(=O)N(C2=CC=CC(C(F)(F)F)C2)C(=O)[C@@H]1CC. The molecule has 0 spiro atoms. The molecular weight excluding hydrogens is 347 g/mol. The third-order valence-electron chi connectivity index (χ3n) is 5.16. The van der Waals surface area contributed by atoms with Crippen LogP contribution in [0.5, 0.6) is 0 Å². The Hall–Kier alpha value is -1.89. The summed E-state index contributed by atoms with van der Waals surface area (Å²) in [7, 11) is 0. The molecule has 0 aromatic heterocycles. The molecule has 0 aromatic carbocycles. The first-order valence-corrected chi connectivity index (χ1v) is 8.69. The number of hydrogen-bond acceptors (Lipinski definition) is 3. The molecule has 0 aromatic rings. The van der Waals surface area contributed by atoms with Crippen LogP contribution in [-0.4, -0.2) is 33.6 Å². The second-order valence-corrected chi connectivity index (χ2v) is 7.08. The van der Waals surface area contributed by atoms with Crippen molar-refractivity contribution in [3.05, 3.63) is 36.6 Å². The van der Waals surface area contributed by atoms with Crippen LogP contribution in [0.2, 0.25) is 0 Å². The van der Waals surface area contributed by atoms with Crippen LogP contribution in [0.1, 0.15) is 39.5 Å². The highest BCUT2D eigenvalue weighted by Crippen LogP contribution is 2.43. The molecule has 26 heavy (non-hydrogen) atoms. The Balaban J connectivity index is 2.32. The number of rotatable bonds is 6. The second kappa shape index (κ2) is 7.39. The molecule has 2 amide bonds. The molecule has 1 fully saturated rings. The van der Waals surface area contributed by atoms with E-state index in [1.165, 1.54) is 19.1 Å². The number of nitrogens with zero attached hydrogens (tertiary/aromatic N) is 1. The van der Waals surface area contributed by atoms with Crippen LogP contribution in [0.15, 0.2) is 36.6 Å². The third-order valence-corrected chi connectivity index (χ3v) is 5.16. The van der Waals surface area contributed by atoms with Crippen LogP contribution < -0.4 is 0 Å². The Morgan fingerprint density at radius 1 is 1.35 bits per heavy atom. The molecule has 4 nitrogen and oxygen atoms in total. The Morgan fingerprint density at radius 2 is 2.00 bits per heavy atom. The molecule has 1 saturated heterocycles. The molecule has 4 atom stereocenters. The Kier molecular flexibility index (Phi) is 5.80. The van der Waals surface area contributed by atoms with E-state index in [0.29, 0.717) is 12.8 Å². The van der Waals surface area contributed by atoms with Crippen LogP contribution >= 0.6 is 0 Å². The van der Waals surface area contributed by atoms with Gasteiger partial charge in [-0.05, 0) is 32.3 Å². The fourth-order valence-electron chi connectivity index (χ4n) is 3.72. The largest absolute Gasteiger partial charge is 0.395 e. The number of amides is 2. The van der Waals surface area contributed by atoms with Crippen LogP contribution in [0.3, 0.4) is 0 Å². The van der Waals surface area contributed by atoms with Crippen LogP contribution in [0.4, 0.5) is 13.2 Å². The molecule has 1 heterocycles. The van der Waals surface area contributed by atoms with Gasteiger partial charge in [0.15, 0.2) is 0 Å². The Labute approximate surface area is 151 Å². The fraction of sp³-hybridized carbons (Fsp3) is 0.579. The number of hydrogen-bond donors (Lipinski definition) is 1. The Morgan fingerprint density at radius 3 is 2.54 bits per heavy atom. The predicted molar refractivity (Wildman–Crippen MR) is 90.6 cm³/mol. The van der Waals surface area contributed by atoms with E-state index in [4.69, 9.17) is 0 Å². The summed E-state index contributed by atoms with van der Waals surface area (Å²) in [6.07, 6.45) is 1.34. The molecule has 2 rings (SSSR count). The maximum Gasteiger partial charge on any atom is 0.395 e. The summed E-state index contributed by atoms with van der Waals surface area (Å²) < 4.78 is 39.1. The lowest BCUT2D eigenvalue weighted by Crippen LogP contribution is -2.42. The summed E-state index contributed by atoms with van der Waals surface area (Å²) in [5.41, 5.74) is -1.41. The summed E-state index contributed by atoms with van der Waals surface area (Å²) in [4.78, 5) is 26.5. The van der Waals surface area contributed by atoms with Crippen molar-refractivity contribution < 1.29 is 27.9 Å². The number of carbonyl (C=O) groups excluding carboxylic acids is 2. The molecule has 144 valence electrons. The molecular formula is C19H24F3NO3. The highest BCUT2D eigenvalue weighted by Gasteiger charge is 2.55. The number of likely N-dealkylation sites (tertiary alicyclic amines) is 1. The number of imide groups is 1. The summed E-state index contributed by atoms with van der Waals surface area (Å²) in [6.45, 7) is 6.80. The maximum absolute atomic E-state index is 13.0. The zero-order valence-corrected chi connectivity index (χ0v) is 14.9. The molecule has 0 bridgehead atoms. The first kappa shape index (κ1) is 20.4. The highest BCUT2D eigenvalue weighted by molar-refractivity contribution is 6.07. The molecule has 1 aliphatic carbocycles. The number of halogens is 3. The van der Waals surface area contributed by atoms with E-state index in [0.717, 1.165) is 11.0 Å². The average Bonchev–Trinajstić information content (AvgIpc) is 2.83. The lowest BCUT2D eigenvalue weighted by Gasteiger charge is -2.31. The van der Waals surface area contributed by atoms with Gasteiger partial charge in [-0.25, -0.2) is 0 Å². The van der Waals surface area contributed by atoms with Crippen molar-refractivity contribution in [1.29, 1.82) is 0 Å². The molecule has 2 unspecified atom stereocenters. The lowest BCUT2D eigenvalue weighted by atomic mass is 9.77. The van der Waals surface area contributed by atoms with Crippen molar-refractivity contribution in [2.45, 2.75) is 51.3 Å². The van der Waals surface area contributed by atoms with Gasteiger partial charge in [0.25, 0.3) is 0 Å². The Bertz CT molecular complexity index is 649. The zero-order valence-electron chi connectivity index (χ0n) is 14.9. The number of allylic oxidation sites excluding steroid dienone is 5. The lowest BCUT2D eigenvalue weighted by molar-refractivity contribution is -0.163. The van der Waals surface area contributed by atoms with Gasteiger partial charge in [-0.15, -0.1) is 6.58 Å². The van der Waals surface area contributed by atoms with E-state index in [-0.39, 0.29) is 12.1 Å². The topological polar surface area (TPSA) is 57.6 Å². The van der Waals surface area contributed by atoms with Gasteiger partial charge in [0.2, 0.25) is 11.8 Å². The van der Waals surface area contributed by atoms with Gasteiger partial charge in [-0.1, -0.05) is 25.2 Å². The quantitative estimate of drug-likeness (QED) is 0.572. The summed E-state index contributed by atoms with van der Waals surface area (Å²) in [5, 5.41) is 10.8. The number of alkyl halides is 3. The van der Waals surface area contributed by atoms with Gasteiger partial charge in [0.1, 0.15) is 0 Å². The van der Waals surface area contributed by atoms with Gasteiger partial charge in [0, 0.05) is 12.1 Å². The van der Waals surface area contributed by atoms with E-state index in [1.54, 1.807) is 13.0 Å². The van der Waals surface area contributed by atoms with E-state index >= 15 is 0 Å². The van der Waals surface area contributed by atoms with Crippen molar-refractivity contribution in [3.8, 4) is 0 Å². The van der Waals surface area contributed by atoms with Crippen molar-refractivity contribution in [2.24, 2.45) is 17.8 Å². The monoisotopic (exact) mass is 371 g/mol. The van der Waals surface area contributed by atoms with E-state index in [9.17, 15) is 27.9 Å². The van der Waals surface area contributed by atoms with Crippen molar-refractivity contribution in [2.75, 3.05) is 0 Å². The molecule has 1 N–H and O–H groups in total. The third kappa shape index (κ3) is 3.77. The standard InChI is InChI=1S/C19H24F3NO3/c1-4-6-10-18(3,26)15-14(5-2)16(24)23(17(15)25)13-9-7-8-12(11-13)19(20,21)22/h4,7-9,12,14-15,26H,1,5-6,10-11H2,2-3H3/t12?,14-,15+,18?/m1/s1. The highest BCUT2D eigenvalue weighted by atomic mass is 19.4. The first-order valence-electron chi connectivity index (χ1n) is 8.69. The predicted octanol–water partition coefficient (Wildman–Crippen LogP) is 3.74. The summed E-state index contributed by atoms with van der Waals surface area (Å²) in [5.74, 6) is -4.62. The van der Waals surface area contributed by atoms with E-state index in [2.05, 4.69) is 6.58 Å².